The van der Waals surface area contributed by atoms with Crippen LogP contribution in [0.2, 0.25) is 5.02 Å². The molecule has 0 bridgehead atoms. The molecule has 6 nitrogen and oxygen atoms in total. The van der Waals surface area contributed by atoms with Crippen molar-refractivity contribution in [3.05, 3.63) is 87.8 Å². The van der Waals surface area contributed by atoms with Gasteiger partial charge in [0, 0.05) is 22.2 Å². The minimum atomic E-state index is -0.230. The molecule has 0 atom stereocenters. The number of para-hydroxylation sites is 1. The number of thioether (sulfide) groups is 1. The predicted molar refractivity (Wildman–Crippen MR) is 133 cm³/mol. The van der Waals surface area contributed by atoms with Crippen LogP contribution in [-0.4, -0.2) is 25.3 Å². The van der Waals surface area contributed by atoms with Gasteiger partial charge in [0.15, 0.2) is 5.17 Å². The molecule has 0 aliphatic carbocycles. The highest BCUT2D eigenvalue weighted by molar-refractivity contribution is 8.18. The van der Waals surface area contributed by atoms with Crippen molar-refractivity contribution in [1.82, 2.24) is 5.32 Å². The second kappa shape index (κ2) is 10.5. The lowest BCUT2D eigenvalue weighted by Gasteiger charge is -2.10. The third-order valence-electron chi connectivity index (χ3n) is 4.81. The predicted octanol–water partition coefficient (Wildman–Crippen LogP) is 5.83. The number of nitrogens with one attached hydrogen (secondary N) is 1. The van der Waals surface area contributed by atoms with E-state index in [9.17, 15) is 4.79 Å². The molecule has 3 aromatic rings. The number of benzene rings is 3. The summed E-state index contributed by atoms with van der Waals surface area (Å²) in [5, 5.41) is 3.91. The van der Waals surface area contributed by atoms with Crippen molar-refractivity contribution in [2.24, 2.45) is 4.99 Å². The lowest BCUT2D eigenvalue weighted by molar-refractivity contribution is -0.115. The second-order valence-electron chi connectivity index (χ2n) is 6.94. The van der Waals surface area contributed by atoms with E-state index >= 15 is 0 Å². The molecule has 1 fully saturated rings. The van der Waals surface area contributed by atoms with Gasteiger partial charge in [0.1, 0.15) is 29.5 Å². The summed E-state index contributed by atoms with van der Waals surface area (Å²) in [4.78, 5) is 17.6. The molecule has 1 saturated heterocycles. The van der Waals surface area contributed by atoms with Crippen LogP contribution in [0.4, 0.5) is 5.69 Å². The van der Waals surface area contributed by atoms with Gasteiger partial charge in [-0.3, -0.25) is 4.79 Å². The Kier molecular flexibility index (Phi) is 7.22. The molecule has 33 heavy (non-hydrogen) atoms. The molecule has 0 radical (unpaired) electrons. The fraction of sp³-hybridized carbons (Fsp3) is 0.120. The standard InChI is InChI=1S/C25H21ClN2O4S/c1-30-18-11-12-20(22(14-18)31-2)27-25-28-24(29)23(33-25)13-16-7-4-6-10-21(16)32-15-17-8-3-5-9-19(17)26/h3-14H,15H2,1-2H3,(H,27,28,29). The van der Waals surface area contributed by atoms with Crippen molar-refractivity contribution in [3.8, 4) is 17.2 Å². The maximum absolute atomic E-state index is 12.6. The number of amidine groups is 1. The fourth-order valence-corrected chi connectivity index (χ4v) is 4.13. The van der Waals surface area contributed by atoms with E-state index in [1.807, 2.05) is 48.5 Å². The number of carbonyl (C=O) groups is 1. The first-order valence-corrected chi connectivity index (χ1v) is 11.2. The normalized spacial score (nSPS) is 15.5. The number of methoxy groups -OCH3 is 2. The average Bonchev–Trinajstić information content (AvgIpc) is 3.18. The Morgan fingerprint density at radius 2 is 1.79 bits per heavy atom. The highest BCUT2D eigenvalue weighted by Crippen LogP contribution is 2.35. The topological polar surface area (TPSA) is 69.2 Å². The van der Waals surface area contributed by atoms with Gasteiger partial charge in [0.2, 0.25) is 0 Å². The van der Waals surface area contributed by atoms with Gasteiger partial charge in [-0.15, -0.1) is 0 Å². The molecular weight excluding hydrogens is 460 g/mol. The Hall–Kier alpha value is -3.42. The van der Waals surface area contributed by atoms with Crippen LogP contribution in [-0.2, 0) is 11.4 Å². The number of ether oxygens (including phenoxy) is 3. The number of rotatable bonds is 7. The van der Waals surface area contributed by atoms with Crippen molar-refractivity contribution in [1.29, 1.82) is 0 Å². The van der Waals surface area contributed by atoms with Gasteiger partial charge in [-0.1, -0.05) is 48.0 Å². The average molecular weight is 481 g/mol. The summed E-state index contributed by atoms with van der Waals surface area (Å²) in [6, 6.07) is 20.4. The SMILES string of the molecule is COc1ccc(N=C2NC(=O)C(=Cc3ccccc3OCc3ccccc3Cl)S2)c(OC)c1. The maximum Gasteiger partial charge on any atom is 0.264 e. The largest absolute Gasteiger partial charge is 0.497 e. The Bertz CT molecular complexity index is 1240. The first-order valence-electron chi connectivity index (χ1n) is 10.0. The van der Waals surface area contributed by atoms with Gasteiger partial charge in [-0.25, -0.2) is 4.99 Å². The van der Waals surface area contributed by atoms with E-state index in [0.29, 0.717) is 44.6 Å². The van der Waals surface area contributed by atoms with Gasteiger partial charge in [0.05, 0.1) is 19.1 Å². The molecule has 0 spiro atoms. The molecule has 1 N–H and O–H groups in total. The van der Waals surface area contributed by atoms with Gasteiger partial charge >= 0.3 is 0 Å². The van der Waals surface area contributed by atoms with Gasteiger partial charge in [-0.2, -0.15) is 0 Å². The monoisotopic (exact) mass is 480 g/mol. The highest BCUT2D eigenvalue weighted by atomic mass is 35.5. The van der Waals surface area contributed by atoms with Crippen LogP contribution >= 0.6 is 23.4 Å². The van der Waals surface area contributed by atoms with Gasteiger partial charge in [-0.05, 0) is 42.1 Å². The van der Waals surface area contributed by atoms with Crippen LogP contribution < -0.4 is 19.5 Å². The first kappa shape index (κ1) is 22.8. The molecule has 168 valence electrons. The number of carbonyl (C=O) groups excluding carboxylic acids is 1. The van der Waals surface area contributed by atoms with E-state index in [-0.39, 0.29) is 5.91 Å². The fourth-order valence-electron chi connectivity index (χ4n) is 3.11. The van der Waals surface area contributed by atoms with E-state index in [1.165, 1.54) is 11.8 Å². The third kappa shape index (κ3) is 5.50. The molecule has 8 heteroatoms. The van der Waals surface area contributed by atoms with Crippen molar-refractivity contribution >= 4 is 46.2 Å². The minimum absolute atomic E-state index is 0.230. The van der Waals surface area contributed by atoms with E-state index in [0.717, 1.165) is 11.1 Å². The lowest BCUT2D eigenvalue weighted by atomic mass is 10.2. The number of hydrogen-bond acceptors (Lipinski definition) is 6. The second-order valence-corrected chi connectivity index (χ2v) is 8.38. The summed E-state index contributed by atoms with van der Waals surface area (Å²) in [6.45, 7) is 0.323. The van der Waals surface area contributed by atoms with Gasteiger partial charge in [0.25, 0.3) is 5.91 Å². The molecule has 1 amide bonds. The van der Waals surface area contributed by atoms with Crippen LogP contribution in [0.15, 0.2) is 76.6 Å². The van der Waals surface area contributed by atoms with Crippen molar-refractivity contribution in [2.75, 3.05) is 14.2 Å². The number of amides is 1. The van der Waals surface area contributed by atoms with E-state index in [4.69, 9.17) is 25.8 Å². The molecule has 3 aromatic carbocycles. The van der Waals surface area contributed by atoms with Crippen LogP contribution in [0.1, 0.15) is 11.1 Å². The molecule has 0 unspecified atom stereocenters. The van der Waals surface area contributed by atoms with E-state index in [2.05, 4.69) is 10.3 Å². The first-order chi connectivity index (χ1) is 16.1. The van der Waals surface area contributed by atoms with Crippen molar-refractivity contribution < 1.29 is 19.0 Å². The van der Waals surface area contributed by atoms with Crippen LogP contribution in [0.25, 0.3) is 6.08 Å². The Morgan fingerprint density at radius 1 is 1.00 bits per heavy atom. The Morgan fingerprint density at radius 3 is 2.58 bits per heavy atom. The van der Waals surface area contributed by atoms with Crippen LogP contribution in [0.3, 0.4) is 0 Å². The zero-order chi connectivity index (χ0) is 23.2. The summed E-state index contributed by atoms with van der Waals surface area (Å²) in [6.07, 6.45) is 1.79. The van der Waals surface area contributed by atoms with Crippen LogP contribution in [0.5, 0.6) is 17.2 Å². The third-order valence-corrected chi connectivity index (χ3v) is 6.08. The zero-order valence-electron chi connectivity index (χ0n) is 18.0. The Labute approximate surface area is 201 Å². The molecule has 1 aliphatic heterocycles. The van der Waals surface area contributed by atoms with Crippen LogP contribution in [0, 0.1) is 0 Å². The highest BCUT2D eigenvalue weighted by Gasteiger charge is 2.24. The molecule has 1 heterocycles. The zero-order valence-corrected chi connectivity index (χ0v) is 19.6. The summed E-state index contributed by atoms with van der Waals surface area (Å²) in [5.41, 5.74) is 2.26. The smallest absolute Gasteiger partial charge is 0.264 e. The minimum Gasteiger partial charge on any atom is -0.497 e. The van der Waals surface area contributed by atoms with E-state index < -0.39 is 0 Å². The summed E-state index contributed by atoms with van der Waals surface area (Å²) in [5.74, 6) is 1.63. The molecule has 0 aromatic heterocycles. The lowest BCUT2D eigenvalue weighted by Crippen LogP contribution is -2.19. The van der Waals surface area contributed by atoms with Crippen molar-refractivity contribution in [3.63, 3.8) is 0 Å². The summed E-state index contributed by atoms with van der Waals surface area (Å²) >= 11 is 7.48. The molecule has 0 saturated carbocycles. The number of halogens is 1. The number of hydrogen-bond donors (Lipinski definition) is 1. The molecular formula is C25H21ClN2O4S. The van der Waals surface area contributed by atoms with Crippen molar-refractivity contribution in [2.45, 2.75) is 6.61 Å². The number of nitrogens with zero attached hydrogens (tertiary/aromatic N) is 1. The summed E-state index contributed by atoms with van der Waals surface area (Å²) in [7, 11) is 3.14. The molecule has 4 rings (SSSR count). The maximum atomic E-state index is 12.6. The molecule has 1 aliphatic rings. The Balaban J connectivity index is 1.54. The number of aliphatic imine (C=N–C) groups is 1. The van der Waals surface area contributed by atoms with E-state index in [1.54, 1.807) is 38.5 Å². The van der Waals surface area contributed by atoms with Gasteiger partial charge < -0.3 is 19.5 Å². The quantitative estimate of drug-likeness (QED) is 0.431. The summed E-state index contributed by atoms with van der Waals surface area (Å²) < 4.78 is 16.6.